The van der Waals surface area contributed by atoms with Crippen molar-refractivity contribution in [2.45, 2.75) is 25.9 Å². The Labute approximate surface area is 82.5 Å². The minimum atomic E-state index is -0.443. The van der Waals surface area contributed by atoms with E-state index in [-0.39, 0.29) is 5.91 Å². The molecule has 0 spiro atoms. The van der Waals surface area contributed by atoms with Crippen LogP contribution < -0.4 is 11.1 Å². The second kappa shape index (κ2) is 5.33. The Bertz CT molecular complexity index is 269. The van der Waals surface area contributed by atoms with Gasteiger partial charge in [-0.15, -0.1) is 5.10 Å². The van der Waals surface area contributed by atoms with E-state index >= 15 is 0 Å². The number of carbonyl (C=O) groups is 1. The maximum Gasteiger partial charge on any atom is 0.236 e. The number of nitrogens with one attached hydrogen (secondary N) is 1. The van der Waals surface area contributed by atoms with Gasteiger partial charge in [0.1, 0.15) is 0 Å². The molecule has 0 aliphatic heterocycles. The van der Waals surface area contributed by atoms with Crippen LogP contribution in [0.4, 0.5) is 0 Å². The number of hydrogen-bond acceptors (Lipinski definition) is 4. The Morgan fingerprint density at radius 2 is 2.50 bits per heavy atom. The molecule has 3 N–H and O–H groups in total. The summed E-state index contributed by atoms with van der Waals surface area (Å²) in [4.78, 5) is 11.0. The molecule has 0 radical (unpaired) electrons. The van der Waals surface area contributed by atoms with Gasteiger partial charge in [0.25, 0.3) is 0 Å². The van der Waals surface area contributed by atoms with Crippen LogP contribution in [0.15, 0.2) is 12.4 Å². The van der Waals surface area contributed by atoms with Crippen LogP contribution >= 0.6 is 0 Å². The minimum Gasteiger partial charge on any atom is -0.355 e. The first kappa shape index (κ1) is 10.6. The molecule has 78 valence electrons. The molecule has 1 heterocycles. The van der Waals surface area contributed by atoms with Crippen molar-refractivity contribution >= 4 is 5.91 Å². The third-order valence-corrected chi connectivity index (χ3v) is 1.75. The Hall–Kier alpha value is -1.43. The van der Waals surface area contributed by atoms with E-state index in [2.05, 4.69) is 15.6 Å². The predicted molar refractivity (Wildman–Crippen MR) is 51.3 cm³/mol. The standard InChI is InChI=1S/C8H15N5O/c1-7(9)8(14)10-3-2-5-13-6-4-11-12-13/h4,6-7H,2-3,5,9H2,1H3,(H,10,14)/t7-/m0/s1. The molecule has 1 rings (SSSR count). The van der Waals surface area contributed by atoms with Crippen LogP contribution in [0.3, 0.4) is 0 Å². The van der Waals surface area contributed by atoms with Crippen LogP contribution in [-0.4, -0.2) is 33.5 Å². The lowest BCUT2D eigenvalue weighted by atomic mass is 10.3. The van der Waals surface area contributed by atoms with Gasteiger partial charge in [0.2, 0.25) is 5.91 Å². The summed E-state index contributed by atoms with van der Waals surface area (Å²) in [7, 11) is 0. The number of hydrogen-bond donors (Lipinski definition) is 2. The first-order chi connectivity index (χ1) is 6.70. The lowest BCUT2D eigenvalue weighted by Gasteiger charge is -2.06. The maximum atomic E-state index is 11.0. The van der Waals surface area contributed by atoms with Crippen molar-refractivity contribution in [3.05, 3.63) is 12.4 Å². The Morgan fingerprint density at radius 3 is 3.07 bits per heavy atom. The molecule has 0 aromatic carbocycles. The molecule has 0 saturated heterocycles. The number of amides is 1. The van der Waals surface area contributed by atoms with E-state index in [1.54, 1.807) is 24.0 Å². The van der Waals surface area contributed by atoms with Crippen LogP contribution in [0, 0.1) is 0 Å². The molecule has 0 saturated carbocycles. The second-order valence-corrected chi connectivity index (χ2v) is 3.10. The summed E-state index contributed by atoms with van der Waals surface area (Å²) in [6.45, 7) is 3.02. The predicted octanol–water partition coefficient (Wildman–Crippen LogP) is -0.868. The molecular weight excluding hydrogens is 182 g/mol. The normalized spacial score (nSPS) is 12.4. The fourth-order valence-corrected chi connectivity index (χ4v) is 0.966. The van der Waals surface area contributed by atoms with Crippen LogP contribution in [0.25, 0.3) is 0 Å². The van der Waals surface area contributed by atoms with Crippen molar-refractivity contribution < 1.29 is 4.79 Å². The first-order valence-electron chi connectivity index (χ1n) is 4.57. The summed E-state index contributed by atoms with van der Waals surface area (Å²) in [5.41, 5.74) is 5.37. The van der Waals surface area contributed by atoms with Gasteiger partial charge in [-0.2, -0.15) is 0 Å². The molecule has 0 fully saturated rings. The molecule has 14 heavy (non-hydrogen) atoms. The quantitative estimate of drug-likeness (QED) is 0.601. The van der Waals surface area contributed by atoms with E-state index in [1.165, 1.54) is 0 Å². The third kappa shape index (κ3) is 3.53. The molecule has 0 aliphatic rings. The molecule has 0 unspecified atom stereocenters. The summed E-state index contributed by atoms with van der Waals surface area (Å²) in [6.07, 6.45) is 4.23. The summed E-state index contributed by atoms with van der Waals surface area (Å²) >= 11 is 0. The zero-order valence-electron chi connectivity index (χ0n) is 8.18. The smallest absolute Gasteiger partial charge is 0.236 e. The van der Waals surface area contributed by atoms with Gasteiger partial charge in [-0.1, -0.05) is 5.21 Å². The molecule has 1 amide bonds. The fraction of sp³-hybridized carbons (Fsp3) is 0.625. The van der Waals surface area contributed by atoms with Gasteiger partial charge >= 0.3 is 0 Å². The molecule has 6 nitrogen and oxygen atoms in total. The van der Waals surface area contributed by atoms with E-state index in [1.807, 2.05) is 0 Å². The highest BCUT2D eigenvalue weighted by Gasteiger charge is 2.04. The lowest BCUT2D eigenvalue weighted by Crippen LogP contribution is -2.38. The number of aromatic nitrogens is 3. The third-order valence-electron chi connectivity index (χ3n) is 1.75. The maximum absolute atomic E-state index is 11.0. The Balaban J connectivity index is 2.08. The highest BCUT2D eigenvalue weighted by Crippen LogP contribution is 1.86. The largest absolute Gasteiger partial charge is 0.355 e. The molecule has 0 aliphatic carbocycles. The van der Waals surface area contributed by atoms with Crippen molar-refractivity contribution in [3.8, 4) is 0 Å². The number of nitrogens with zero attached hydrogens (tertiary/aromatic N) is 3. The average Bonchev–Trinajstić information content (AvgIpc) is 2.64. The summed E-state index contributed by atoms with van der Waals surface area (Å²) < 4.78 is 1.72. The number of carbonyl (C=O) groups excluding carboxylic acids is 1. The van der Waals surface area contributed by atoms with Crippen molar-refractivity contribution in [3.63, 3.8) is 0 Å². The van der Waals surface area contributed by atoms with Crippen molar-refractivity contribution in [2.75, 3.05) is 6.54 Å². The van der Waals surface area contributed by atoms with Crippen molar-refractivity contribution in [1.29, 1.82) is 0 Å². The highest BCUT2D eigenvalue weighted by molar-refractivity contribution is 5.80. The van der Waals surface area contributed by atoms with Crippen LogP contribution in [0.1, 0.15) is 13.3 Å². The Kier molecular flexibility index (Phi) is 4.06. The lowest BCUT2D eigenvalue weighted by molar-refractivity contribution is -0.121. The SMILES string of the molecule is C[C@H](N)C(=O)NCCCn1ccnn1. The molecule has 1 atom stereocenters. The number of aryl methyl sites for hydroxylation is 1. The van der Waals surface area contributed by atoms with Crippen LogP contribution in [0.2, 0.25) is 0 Å². The highest BCUT2D eigenvalue weighted by atomic mass is 16.2. The zero-order valence-corrected chi connectivity index (χ0v) is 8.18. The minimum absolute atomic E-state index is 0.122. The van der Waals surface area contributed by atoms with Crippen molar-refractivity contribution in [2.24, 2.45) is 5.73 Å². The van der Waals surface area contributed by atoms with E-state index in [0.717, 1.165) is 13.0 Å². The fourth-order valence-electron chi connectivity index (χ4n) is 0.966. The van der Waals surface area contributed by atoms with Crippen LogP contribution in [-0.2, 0) is 11.3 Å². The van der Waals surface area contributed by atoms with Gasteiger partial charge in [-0.3, -0.25) is 9.48 Å². The molecule has 1 aromatic rings. The average molecular weight is 197 g/mol. The Morgan fingerprint density at radius 1 is 1.71 bits per heavy atom. The first-order valence-corrected chi connectivity index (χ1v) is 4.57. The van der Waals surface area contributed by atoms with E-state index in [9.17, 15) is 4.79 Å². The van der Waals surface area contributed by atoms with Gasteiger partial charge < -0.3 is 11.1 Å². The molecule has 1 aromatic heterocycles. The van der Waals surface area contributed by atoms with Gasteiger partial charge in [0.15, 0.2) is 0 Å². The molecular formula is C8H15N5O. The van der Waals surface area contributed by atoms with Gasteiger partial charge in [0, 0.05) is 19.3 Å². The monoisotopic (exact) mass is 197 g/mol. The van der Waals surface area contributed by atoms with Crippen molar-refractivity contribution in [1.82, 2.24) is 20.3 Å². The van der Waals surface area contributed by atoms with Gasteiger partial charge in [-0.05, 0) is 13.3 Å². The summed E-state index contributed by atoms with van der Waals surface area (Å²) in [6, 6.07) is -0.443. The summed E-state index contributed by atoms with van der Waals surface area (Å²) in [5.74, 6) is -0.122. The van der Waals surface area contributed by atoms with Gasteiger partial charge in [0.05, 0.1) is 12.2 Å². The van der Waals surface area contributed by atoms with Crippen LogP contribution in [0.5, 0.6) is 0 Å². The topological polar surface area (TPSA) is 85.8 Å². The number of rotatable bonds is 5. The van der Waals surface area contributed by atoms with E-state index in [0.29, 0.717) is 6.54 Å². The molecule has 0 bridgehead atoms. The van der Waals surface area contributed by atoms with E-state index in [4.69, 9.17) is 5.73 Å². The van der Waals surface area contributed by atoms with Gasteiger partial charge in [-0.25, -0.2) is 0 Å². The molecule has 6 heteroatoms. The summed E-state index contributed by atoms with van der Waals surface area (Å²) in [5, 5.41) is 10.2. The second-order valence-electron chi connectivity index (χ2n) is 3.10. The number of nitrogens with two attached hydrogens (primary N) is 1. The zero-order chi connectivity index (χ0) is 10.4. The van der Waals surface area contributed by atoms with E-state index < -0.39 is 6.04 Å².